The smallest absolute Gasteiger partial charge is 0.234 e. The Balaban J connectivity index is 1.74. The Morgan fingerprint density at radius 1 is 1.32 bits per heavy atom. The first kappa shape index (κ1) is 16.8. The van der Waals surface area contributed by atoms with Crippen molar-refractivity contribution in [1.29, 1.82) is 0 Å². The van der Waals surface area contributed by atoms with Crippen LogP contribution in [0.3, 0.4) is 0 Å². The summed E-state index contributed by atoms with van der Waals surface area (Å²) in [6.45, 7) is 3.72. The highest BCUT2D eigenvalue weighted by atomic mass is 19.1. The van der Waals surface area contributed by atoms with Crippen LogP contribution in [0.4, 0.5) is 8.78 Å². The fourth-order valence-corrected chi connectivity index (χ4v) is 2.77. The number of amides is 1. The number of halogens is 2. The van der Waals surface area contributed by atoms with Crippen molar-refractivity contribution < 1.29 is 18.7 Å². The number of nitrogens with one attached hydrogen (secondary N) is 1. The maximum absolute atomic E-state index is 13.0. The summed E-state index contributed by atoms with van der Waals surface area (Å²) in [6, 6.07) is 3.21. The molecular weight excluding hydrogens is 290 g/mol. The maximum Gasteiger partial charge on any atom is 0.234 e. The molecular formula is C16H22F2N2O2. The number of rotatable bonds is 5. The minimum absolute atomic E-state index is 0.109. The maximum atomic E-state index is 13.0. The van der Waals surface area contributed by atoms with E-state index in [-0.39, 0.29) is 25.1 Å². The highest BCUT2D eigenvalue weighted by molar-refractivity contribution is 5.78. The molecule has 1 aliphatic heterocycles. The number of nitrogens with zero attached hydrogens (tertiary/aromatic N) is 1. The Labute approximate surface area is 129 Å². The molecule has 22 heavy (non-hydrogen) atoms. The van der Waals surface area contributed by atoms with Crippen LogP contribution in [-0.2, 0) is 11.3 Å². The quantitative estimate of drug-likeness (QED) is 0.870. The third kappa shape index (κ3) is 5.03. The molecule has 1 heterocycles. The molecule has 0 spiro atoms. The Kier molecular flexibility index (Phi) is 5.85. The number of aliphatic hydroxyl groups is 1. The summed E-state index contributed by atoms with van der Waals surface area (Å²) in [4.78, 5) is 13.9. The van der Waals surface area contributed by atoms with Crippen molar-refractivity contribution in [3.8, 4) is 0 Å². The molecule has 0 aliphatic carbocycles. The van der Waals surface area contributed by atoms with Crippen LogP contribution >= 0.6 is 0 Å². The van der Waals surface area contributed by atoms with Gasteiger partial charge in [0.05, 0.1) is 12.6 Å². The largest absolute Gasteiger partial charge is 0.393 e. The fraction of sp³-hybridized carbons (Fsp3) is 0.562. The van der Waals surface area contributed by atoms with Crippen molar-refractivity contribution in [2.24, 2.45) is 5.92 Å². The first-order chi connectivity index (χ1) is 10.4. The number of benzene rings is 1. The lowest BCUT2D eigenvalue weighted by atomic mass is 9.92. The van der Waals surface area contributed by atoms with E-state index in [1.807, 2.05) is 4.90 Å². The van der Waals surface area contributed by atoms with E-state index < -0.39 is 11.6 Å². The normalized spacial score (nSPS) is 18.2. The van der Waals surface area contributed by atoms with E-state index in [9.17, 15) is 18.7 Å². The van der Waals surface area contributed by atoms with Crippen LogP contribution in [0.1, 0.15) is 25.3 Å². The molecule has 1 fully saturated rings. The van der Waals surface area contributed by atoms with E-state index in [0.29, 0.717) is 11.5 Å². The second-order valence-corrected chi connectivity index (χ2v) is 5.91. The molecule has 2 N–H and O–H groups in total. The van der Waals surface area contributed by atoms with Gasteiger partial charge in [0.25, 0.3) is 0 Å². The van der Waals surface area contributed by atoms with Crippen molar-refractivity contribution in [3.63, 3.8) is 0 Å². The predicted molar refractivity (Wildman–Crippen MR) is 79.0 cm³/mol. The van der Waals surface area contributed by atoms with E-state index in [0.717, 1.165) is 32.0 Å². The fourth-order valence-electron chi connectivity index (χ4n) is 2.77. The molecule has 2 rings (SSSR count). The number of likely N-dealkylation sites (tertiary alicyclic amines) is 1. The van der Waals surface area contributed by atoms with Gasteiger partial charge in [-0.2, -0.15) is 0 Å². The van der Waals surface area contributed by atoms with E-state index in [1.165, 1.54) is 12.1 Å². The second-order valence-electron chi connectivity index (χ2n) is 5.91. The van der Waals surface area contributed by atoms with Gasteiger partial charge < -0.3 is 10.4 Å². The summed E-state index contributed by atoms with van der Waals surface area (Å²) in [5.41, 5.74) is 0.402. The van der Waals surface area contributed by atoms with Crippen molar-refractivity contribution in [1.82, 2.24) is 10.2 Å². The number of carbonyl (C=O) groups is 1. The molecule has 1 aliphatic rings. The van der Waals surface area contributed by atoms with Gasteiger partial charge in [-0.1, -0.05) is 0 Å². The topological polar surface area (TPSA) is 52.6 Å². The Morgan fingerprint density at radius 2 is 1.91 bits per heavy atom. The third-order valence-electron chi connectivity index (χ3n) is 4.09. The molecule has 0 bridgehead atoms. The van der Waals surface area contributed by atoms with E-state index in [1.54, 1.807) is 6.92 Å². The molecule has 6 heteroatoms. The summed E-state index contributed by atoms with van der Waals surface area (Å²) in [5, 5.41) is 12.2. The molecule has 0 saturated carbocycles. The summed E-state index contributed by atoms with van der Waals surface area (Å²) >= 11 is 0. The number of hydrogen-bond acceptors (Lipinski definition) is 3. The molecule has 122 valence electrons. The number of carbonyl (C=O) groups excluding carboxylic acids is 1. The van der Waals surface area contributed by atoms with Crippen molar-refractivity contribution >= 4 is 5.91 Å². The minimum Gasteiger partial charge on any atom is -0.393 e. The Morgan fingerprint density at radius 3 is 2.45 bits per heavy atom. The van der Waals surface area contributed by atoms with Gasteiger partial charge >= 0.3 is 0 Å². The highest BCUT2D eigenvalue weighted by Gasteiger charge is 2.23. The molecule has 1 saturated heterocycles. The number of aliphatic hydroxyl groups excluding tert-OH is 1. The molecule has 1 unspecified atom stereocenters. The predicted octanol–water partition coefficient (Wildman–Crippen LogP) is 1.67. The van der Waals surface area contributed by atoms with Crippen molar-refractivity contribution in [2.45, 2.75) is 32.4 Å². The second kappa shape index (κ2) is 7.65. The zero-order valence-electron chi connectivity index (χ0n) is 12.7. The first-order valence-electron chi connectivity index (χ1n) is 7.56. The van der Waals surface area contributed by atoms with Crippen LogP contribution in [-0.4, -0.2) is 41.7 Å². The molecule has 4 nitrogen and oxygen atoms in total. The van der Waals surface area contributed by atoms with Crippen LogP contribution in [0.5, 0.6) is 0 Å². The standard InChI is InChI=1S/C16H22F2N2O2/c1-11(21)13-2-4-20(5-3-13)10-16(22)19-9-12-6-14(17)8-15(18)7-12/h6-8,11,13,21H,2-5,9-10H2,1H3,(H,19,22). The van der Waals surface area contributed by atoms with Gasteiger partial charge in [-0.15, -0.1) is 0 Å². The van der Waals surface area contributed by atoms with Gasteiger partial charge in [0.2, 0.25) is 5.91 Å². The van der Waals surface area contributed by atoms with Gasteiger partial charge in [-0.05, 0) is 56.5 Å². The molecule has 1 amide bonds. The van der Waals surface area contributed by atoms with E-state index in [2.05, 4.69) is 5.32 Å². The minimum atomic E-state index is -0.649. The van der Waals surface area contributed by atoms with E-state index in [4.69, 9.17) is 0 Å². The highest BCUT2D eigenvalue weighted by Crippen LogP contribution is 2.20. The van der Waals surface area contributed by atoms with Crippen LogP contribution in [0.25, 0.3) is 0 Å². The van der Waals surface area contributed by atoms with Gasteiger partial charge in [0, 0.05) is 12.6 Å². The van der Waals surface area contributed by atoms with Crippen molar-refractivity contribution in [3.05, 3.63) is 35.4 Å². The lowest BCUT2D eigenvalue weighted by Crippen LogP contribution is -2.42. The summed E-state index contributed by atoms with van der Waals surface area (Å²) < 4.78 is 26.1. The van der Waals surface area contributed by atoms with Crippen LogP contribution in [0.2, 0.25) is 0 Å². The lowest BCUT2D eigenvalue weighted by molar-refractivity contribution is -0.122. The summed E-state index contributed by atoms with van der Waals surface area (Å²) in [6.07, 6.45) is 1.44. The zero-order chi connectivity index (χ0) is 16.1. The molecule has 1 atom stereocenters. The molecule has 1 aromatic rings. The van der Waals surface area contributed by atoms with Gasteiger partial charge in [-0.3, -0.25) is 9.69 Å². The van der Waals surface area contributed by atoms with Gasteiger partial charge in [0.15, 0.2) is 0 Å². The van der Waals surface area contributed by atoms with Gasteiger partial charge in [0.1, 0.15) is 11.6 Å². The van der Waals surface area contributed by atoms with Crippen LogP contribution < -0.4 is 5.32 Å². The summed E-state index contributed by atoms with van der Waals surface area (Å²) in [7, 11) is 0. The average molecular weight is 312 g/mol. The molecule has 0 radical (unpaired) electrons. The average Bonchev–Trinajstić information content (AvgIpc) is 2.45. The molecule has 1 aromatic carbocycles. The van der Waals surface area contributed by atoms with E-state index >= 15 is 0 Å². The lowest BCUT2D eigenvalue weighted by Gasteiger charge is -2.32. The third-order valence-corrected chi connectivity index (χ3v) is 4.09. The SMILES string of the molecule is CC(O)C1CCN(CC(=O)NCc2cc(F)cc(F)c2)CC1. The number of piperidine rings is 1. The van der Waals surface area contributed by atoms with Gasteiger partial charge in [-0.25, -0.2) is 8.78 Å². The number of hydrogen-bond donors (Lipinski definition) is 2. The first-order valence-corrected chi connectivity index (χ1v) is 7.56. The van der Waals surface area contributed by atoms with Crippen molar-refractivity contribution in [2.75, 3.05) is 19.6 Å². The molecule has 0 aromatic heterocycles. The Hall–Kier alpha value is -1.53. The zero-order valence-corrected chi connectivity index (χ0v) is 12.7. The summed E-state index contributed by atoms with van der Waals surface area (Å²) in [5.74, 6) is -1.16. The van der Waals surface area contributed by atoms with Crippen LogP contribution in [0, 0.1) is 17.6 Å². The van der Waals surface area contributed by atoms with Crippen LogP contribution in [0.15, 0.2) is 18.2 Å². The Bertz CT molecular complexity index is 495. The monoisotopic (exact) mass is 312 g/mol.